The normalized spacial score (nSPS) is 10.8. The first-order chi connectivity index (χ1) is 14.4. The van der Waals surface area contributed by atoms with E-state index in [-0.39, 0.29) is 5.82 Å². The molecule has 0 saturated heterocycles. The van der Waals surface area contributed by atoms with Crippen LogP contribution >= 0.6 is 23.2 Å². The van der Waals surface area contributed by atoms with Crippen LogP contribution in [0.25, 0.3) is 17.1 Å². The fourth-order valence-corrected chi connectivity index (χ4v) is 3.56. The van der Waals surface area contributed by atoms with Crippen LogP contribution in [0.5, 0.6) is 0 Å². The van der Waals surface area contributed by atoms with Gasteiger partial charge in [-0.3, -0.25) is 4.79 Å². The molecular weight excluding hydrogens is 419 g/mol. The molecule has 150 valence electrons. The van der Waals surface area contributed by atoms with Gasteiger partial charge in [0.05, 0.1) is 16.4 Å². The van der Waals surface area contributed by atoms with Gasteiger partial charge in [0.2, 0.25) is 5.82 Å². The number of aryl methyl sites for hydroxylation is 2. The summed E-state index contributed by atoms with van der Waals surface area (Å²) in [6, 6.07) is 20.5. The Morgan fingerprint density at radius 3 is 2.43 bits per heavy atom. The lowest BCUT2D eigenvalue weighted by atomic mass is 10.2. The molecule has 0 atom stereocenters. The molecule has 1 amide bonds. The van der Waals surface area contributed by atoms with Crippen LogP contribution in [0.15, 0.2) is 66.7 Å². The maximum Gasteiger partial charge on any atom is 0.295 e. The average molecular weight is 437 g/mol. The van der Waals surface area contributed by atoms with E-state index in [1.807, 2.05) is 68.4 Å². The van der Waals surface area contributed by atoms with E-state index in [0.717, 1.165) is 22.4 Å². The van der Waals surface area contributed by atoms with Crippen molar-refractivity contribution < 1.29 is 4.79 Å². The molecule has 1 aromatic heterocycles. The van der Waals surface area contributed by atoms with Crippen molar-refractivity contribution in [1.29, 1.82) is 0 Å². The summed E-state index contributed by atoms with van der Waals surface area (Å²) < 4.78 is 1.64. The van der Waals surface area contributed by atoms with Crippen LogP contribution in [0.3, 0.4) is 0 Å². The predicted molar refractivity (Wildman–Crippen MR) is 121 cm³/mol. The van der Waals surface area contributed by atoms with Crippen molar-refractivity contribution in [2.75, 3.05) is 5.32 Å². The molecule has 0 saturated carbocycles. The molecule has 30 heavy (non-hydrogen) atoms. The lowest BCUT2D eigenvalue weighted by Gasteiger charge is -2.09. The Labute approximate surface area is 184 Å². The number of amides is 1. The Balaban J connectivity index is 1.81. The summed E-state index contributed by atoms with van der Waals surface area (Å²) >= 11 is 12.5. The molecule has 0 unspecified atom stereocenters. The molecule has 0 radical (unpaired) electrons. The summed E-state index contributed by atoms with van der Waals surface area (Å²) in [5.41, 5.74) is 3.93. The van der Waals surface area contributed by atoms with Gasteiger partial charge >= 0.3 is 0 Å². The fourth-order valence-electron chi connectivity index (χ4n) is 3.12. The zero-order valence-electron chi connectivity index (χ0n) is 16.4. The number of nitrogens with one attached hydrogen (secondary N) is 1. The number of carbonyl (C=O) groups excluding carboxylic acids is 1. The Bertz CT molecular complexity index is 1220. The highest BCUT2D eigenvalue weighted by molar-refractivity contribution is 6.34. The van der Waals surface area contributed by atoms with Gasteiger partial charge in [-0.25, -0.2) is 9.67 Å². The monoisotopic (exact) mass is 436 g/mol. The van der Waals surface area contributed by atoms with Gasteiger partial charge in [-0.1, -0.05) is 71.7 Å². The number of carbonyl (C=O) groups is 1. The minimum absolute atomic E-state index is 0.0348. The third-order valence-electron chi connectivity index (χ3n) is 4.70. The number of anilines is 1. The van der Waals surface area contributed by atoms with Gasteiger partial charge in [-0.05, 0) is 43.2 Å². The second-order valence-electron chi connectivity index (χ2n) is 6.85. The zero-order chi connectivity index (χ0) is 21.3. The number of halogens is 2. The van der Waals surface area contributed by atoms with Gasteiger partial charge in [0.25, 0.3) is 5.91 Å². The van der Waals surface area contributed by atoms with E-state index < -0.39 is 5.91 Å². The molecule has 3 aromatic carbocycles. The predicted octanol–water partition coefficient (Wildman–Crippen LogP) is 6.11. The van der Waals surface area contributed by atoms with E-state index in [1.165, 1.54) is 0 Å². The molecule has 4 rings (SSSR count). The molecular formula is C23H18Cl2N4O. The molecule has 5 nitrogen and oxygen atoms in total. The fraction of sp³-hybridized carbons (Fsp3) is 0.0870. The largest absolute Gasteiger partial charge is 0.318 e. The van der Waals surface area contributed by atoms with Crippen LogP contribution in [0.4, 0.5) is 5.69 Å². The highest BCUT2D eigenvalue weighted by Crippen LogP contribution is 2.28. The molecule has 4 aromatic rings. The first kappa shape index (κ1) is 20.1. The van der Waals surface area contributed by atoms with Gasteiger partial charge in [-0.2, -0.15) is 0 Å². The van der Waals surface area contributed by atoms with E-state index >= 15 is 0 Å². The van der Waals surface area contributed by atoms with Crippen molar-refractivity contribution in [3.63, 3.8) is 0 Å². The van der Waals surface area contributed by atoms with Crippen molar-refractivity contribution in [3.05, 3.63) is 93.7 Å². The minimum Gasteiger partial charge on any atom is -0.318 e. The maximum atomic E-state index is 13.0. The highest BCUT2D eigenvalue weighted by Gasteiger charge is 2.21. The maximum absolute atomic E-state index is 13.0. The minimum atomic E-state index is -0.443. The number of benzene rings is 3. The lowest BCUT2D eigenvalue weighted by Crippen LogP contribution is -2.15. The molecule has 7 heteroatoms. The number of para-hydroxylation sites is 1. The van der Waals surface area contributed by atoms with E-state index in [0.29, 0.717) is 21.6 Å². The molecule has 0 bridgehead atoms. The van der Waals surface area contributed by atoms with Crippen molar-refractivity contribution in [2.45, 2.75) is 13.8 Å². The topological polar surface area (TPSA) is 59.8 Å². The summed E-state index contributed by atoms with van der Waals surface area (Å²) in [6.45, 7) is 3.83. The van der Waals surface area contributed by atoms with Crippen LogP contribution < -0.4 is 5.32 Å². The van der Waals surface area contributed by atoms with Crippen LogP contribution in [0, 0.1) is 13.8 Å². The standard InChI is InChI=1S/C23H18Cl2N4O/c1-14-11-12-17(24)13-19(14)29-22(16-8-4-3-5-9-16)27-21(28-29)23(30)26-20-15(2)7-6-10-18(20)25/h3-13H,1-2H3,(H,26,30). The number of hydrogen-bond acceptors (Lipinski definition) is 3. The average Bonchev–Trinajstić information content (AvgIpc) is 3.18. The second kappa shape index (κ2) is 8.30. The van der Waals surface area contributed by atoms with Gasteiger partial charge < -0.3 is 5.32 Å². The number of rotatable bonds is 4. The van der Waals surface area contributed by atoms with Crippen LogP contribution in [0.2, 0.25) is 10.0 Å². The first-order valence-electron chi connectivity index (χ1n) is 9.29. The number of nitrogens with zero attached hydrogens (tertiary/aromatic N) is 3. The van der Waals surface area contributed by atoms with E-state index in [9.17, 15) is 4.79 Å². The van der Waals surface area contributed by atoms with E-state index in [1.54, 1.807) is 16.8 Å². The summed E-state index contributed by atoms with van der Waals surface area (Å²) in [4.78, 5) is 17.5. The van der Waals surface area contributed by atoms with Crippen LogP contribution in [-0.2, 0) is 0 Å². The Morgan fingerprint density at radius 1 is 0.933 bits per heavy atom. The molecule has 1 N–H and O–H groups in total. The van der Waals surface area contributed by atoms with Crippen molar-refractivity contribution in [2.24, 2.45) is 0 Å². The third-order valence-corrected chi connectivity index (χ3v) is 5.25. The Kier molecular flexibility index (Phi) is 5.57. The van der Waals surface area contributed by atoms with E-state index in [4.69, 9.17) is 23.2 Å². The highest BCUT2D eigenvalue weighted by atomic mass is 35.5. The van der Waals surface area contributed by atoms with Crippen molar-refractivity contribution in [1.82, 2.24) is 14.8 Å². The van der Waals surface area contributed by atoms with Crippen LogP contribution in [-0.4, -0.2) is 20.7 Å². The summed E-state index contributed by atoms with van der Waals surface area (Å²) in [5, 5.41) is 8.36. The third kappa shape index (κ3) is 3.95. The summed E-state index contributed by atoms with van der Waals surface area (Å²) in [7, 11) is 0. The molecule has 0 spiro atoms. The van der Waals surface area contributed by atoms with Gasteiger partial charge in [0, 0.05) is 10.6 Å². The van der Waals surface area contributed by atoms with Gasteiger partial charge in [-0.15, -0.1) is 5.10 Å². The van der Waals surface area contributed by atoms with E-state index in [2.05, 4.69) is 15.4 Å². The molecule has 0 fully saturated rings. The SMILES string of the molecule is Cc1ccc(Cl)cc1-n1nc(C(=O)Nc2c(C)cccc2Cl)nc1-c1ccccc1. The first-order valence-corrected chi connectivity index (χ1v) is 10.0. The smallest absolute Gasteiger partial charge is 0.295 e. The summed E-state index contributed by atoms with van der Waals surface area (Å²) in [5.74, 6) is 0.136. The van der Waals surface area contributed by atoms with Crippen molar-refractivity contribution in [3.8, 4) is 17.1 Å². The van der Waals surface area contributed by atoms with Crippen molar-refractivity contribution >= 4 is 34.8 Å². The quantitative estimate of drug-likeness (QED) is 0.419. The summed E-state index contributed by atoms with van der Waals surface area (Å²) in [6.07, 6.45) is 0. The Morgan fingerprint density at radius 2 is 1.70 bits per heavy atom. The zero-order valence-corrected chi connectivity index (χ0v) is 17.9. The molecule has 0 aliphatic heterocycles. The van der Waals surface area contributed by atoms with Gasteiger partial charge in [0.15, 0.2) is 5.82 Å². The lowest BCUT2D eigenvalue weighted by molar-refractivity contribution is 0.101. The molecule has 0 aliphatic rings. The second-order valence-corrected chi connectivity index (χ2v) is 7.70. The van der Waals surface area contributed by atoms with Crippen LogP contribution in [0.1, 0.15) is 21.7 Å². The number of aromatic nitrogens is 3. The molecule has 0 aliphatic carbocycles. The number of hydrogen-bond donors (Lipinski definition) is 1. The Hall–Kier alpha value is -3.15. The van der Waals surface area contributed by atoms with Gasteiger partial charge in [0.1, 0.15) is 0 Å². The molecule has 1 heterocycles.